The van der Waals surface area contributed by atoms with E-state index in [1.165, 1.54) is 29.0 Å². The zero-order valence-corrected chi connectivity index (χ0v) is 18.3. The number of carbonyl (C=O) groups is 2. The number of carbonyl (C=O) groups excluding carboxylic acids is 2. The smallest absolute Gasteiger partial charge is 0.244 e. The van der Waals surface area contributed by atoms with Gasteiger partial charge in [0.2, 0.25) is 18.1 Å². The van der Waals surface area contributed by atoms with E-state index in [0.717, 1.165) is 12.1 Å². The minimum atomic E-state index is -0.587. The van der Waals surface area contributed by atoms with Gasteiger partial charge in [-0.15, -0.1) is 0 Å². The van der Waals surface area contributed by atoms with Crippen LogP contribution in [0.1, 0.15) is 15.9 Å². The molecule has 2 heterocycles. The van der Waals surface area contributed by atoms with Crippen molar-refractivity contribution in [2.45, 2.75) is 6.54 Å². The van der Waals surface area contributed by atoms with Crippen LogP contribution in [0.25, 0.3) is 10.9 Å². The van der Waals surface area contributed by atoms with Gasteiger partial charge < -0.3 is 19.4 Å². The number of pyridine rings is 1. The van der Waals surface area contributed by atoms with Gasteiger partial charge in [-0.05, 0) is 54.6 Å². The molecule has 1 aromatic heterocycles. The van der Waals surface area contributed by atoms with Crippen molar-refractivity contribution < 1.29 is 23.5 Å². The summed E-state index contributed by atoms with van der Waals surface area (Å²) >= 11 is 5.89. The molecule has 0 saturated heterocycles. The summed E-state index contributed by atoms with van der Waals surface area (Å²) in [4.78, 5) is 39.2. The first-order valence-electron chi connectivity index (χ1n) is 10.2. The number of rotatable bonds is 5. The van der Waals surface area contributed by atoms with Gasteiger partial charge in [-0.2, -0.15) is 0 Å². The number of benzene rings is 3. The highest BCUT2D eigenvalue weighted by Crippen LogP contribution is 2.35. The second-order valence-corrected chi connectivity index (χ2v) is 8.05. The van der Waals surface area contributed by atoms with Crippen LogP contribution in [0.2, 0.25) is 5.02 Å². The van der Waals surface area contributed by atoms with Gasteiger partial charge in [-0.3, -0.25) is 14.4 Å². The summed E-state index contributed by atoms with van der Waals surface area (Å²) in [7, 11) is 0. The van der Waals surface area contributed by atoms with Gasteiger partial charge in [-0.25, -0.2) is 4.39 Å². The Hall–Kier alpha value is -4.17. The summed E-state index contributed by atoms with van der Waals surface area (Å²) < 4.78 is 25.6. The van der Waals surface area contributed by atoms with Gasteiger partial charge in [0, 0.05) is 28.5 Å². The lowest BCUT2D eigenvalue weighted by atomic mass is 10.0. The average Bonchev–Trinajstić information content (AvgIpc) is 3.29. The number of amides is 1. The zero-order chi connectivity index (χ0) is 23.8. The lowest BCUT2D eigenvalue weighted by molar-refractivity contribution is -0.116. The van der Waals surface area contributed by atoms with E-state index in [1.54, 1.807) is 30.3 Å². The maximum atomic E-state index is 13.3. The normalized spacial score (nSPS) is 12.1. The molecule has 34 heavy (non-hydrogen) atoms. The highest BCUT2D eigenvalue weighted by Gasteiger charge is 2.22. The Morgan fingerprint density at radius 2 is 1.68 bits per heavy atom. The molecule has 0 bridgehead atoms. The molecule has 1 aliphatic rings. The molecule has 0 spiro atoms. The molecule has 3 aromatic carbocycles. The molecule has 0 unspecified atom stereocenters. The maximum absolute atomic E-state index is 13.3. The maximum Gasteiger partial charge on any atom is 0.244 e. The van der Waals surface area contributed by atoms with Gasteiger partial charge in [-0.1, -0.05) is 11.6 Å². The molecule has 7 nitrogen and oxygen atoms in total. The standard InChI is InChI=1S/C25H16ClFN2O5/c26-15-3-7-17(8-4-15)28-23(30)12-29-11-19(24(31)14-1-5-16(27)6-2-14)25(32)18-9-21-22(10-20(18)29)34-13-33-21/h1-11H,12-13H2,(H,28,30). The fourth-order valence-corrected chi connectivity index (χ4v) is 3.84. The van der Waals surface area contributed by atoms with Crippen molar-refractivity contribution in [3.63, 3.8) is 0 Å². The van der Waals surface area contributed by atoms with E-state index in [9.17, 15) is 18.8 Å². The number of anilines is 1. The Kier molecular flexibility index (Phi) is 5.51. The van der Waals surface area contributed by atoms with Crippen LogP contribution in [0.15, 0.2) is 71.7 Å². The summed E-state index contributed by atoms with van der Waals surface area (Å²) in [6.45, 7) is -0.193. The van der Waals surface area contributed by atoms with Crippen molar-refractivity contribution in [2.24, 2.45) is 0 Å². The third kappa shape index (κ3) is 4.11. The third-order valence-corrected chi connectivity index (χ3v) is 5.62. The minimum absolute atomic E-state index is 0.00172. The molecular formula is C25H16ClFN2O5. The summed E-state index contributed by atoms with van der Waals surface area (Å²) in [6.07, 6.45) is 1.33. The number of ether oxygens (including phenoxy) is 2. The van der Waals surface area contributed by atoms with Crippen LogP contribution in [0.3, 0.4) is 0 Å². The van der Waals surface area contributed by atoms with Crippen LogP contribution >= 0.6 is 11.6 Å². The highest BCUT2D eigenvalue weighted by atomic mass is 35.5. The first kappa shape index (κ1) is 21.7. The van der Waals surface area contributed by atoms with E-state index in [1.807, 2.05) is 0 Å². The lowest BCUT2D eigenvalue weighted by Gasteiger charge is -2.14. The Morgan fingerprint density at radius 3 is 2.38 bits per heavy atom. The number of aromatic nitrogens is 1. The van der Waals surface area contributed by atoms with Gasteiger partial charge in [0.1, 0.15) is 12.4 Å². The number of nitrogens with zero attached hydrogens (tertiary/aromatic N) is 1. The minimum Gasteiger partial charge on any atom is -0.454 e. The molecule has 1 amide bonds. The second-order valence-electron chi connectivity index (χ2n) is 7.61. The second kappa shape index (κ2) is 8.64. The SMILES string of the molecule is O=C(Cn1cc(C(=O)c2ccc(F)cc2)c(=O)c2cc3c(cc21)OCO3)Nc1ccc(Cl)cc1. The predicted octanol–water partition coefficient (Wildman–Crippen LogP) is 4.39. The summed E-state index contributed by atoms with van der Waals surface area (Å²) in [5, 5.41) is 3.48. The van der Waals surface area contributed by atoms with Crippen LogP contribution in [0, 0.1) is 5.82 Å². The van der Waals surface area contributed by atoms with E-state index in [4.69, 9.17) is 21.1 Å². The Labute approximate surface area is 197 Å². The van der Waals surface area contributed by atoms with Crippen molar-refractivity contribution >= 4 is 39.9 Å². The van der Waals surface area contributed by atoms with Crippen LogP contribution in [0.4, 0.5) is 10.1 Å². The summed E-state index contributed by atoms with van der Waals surface area (Å²) in [5.41, 5.74) is 0.404. The molecule has 5 rings (SSSR count). The van der Waals surface area contributed by atoms with Crippen molar-refractivity contribution in [1.29, 1.82) is 0 Å². The molecule has 1 aliphatic heterocycles. The summed E-state index contributed by atoms with van der Waals surface area (Å²) in [5.74, 6) is -0.676. The number of ketones is 1. The molecule has 0 fully saturated rings. The van der Waals surface area contributed by atoms with Crippen LogP contribution in [0.5, 0.6) is 11.5 Å². The highest BCUT2D eigenvalue weighted by molar-refractivity contribution is 6.30. The molecule has 4 aromatic rings. The number of hydrogen-bond acceptors (Lipinski definition) is 5. The largest absolute Gasteiger partial charge is 0.454 e. The van der Waals surface area contributed by atoms with Crippen molar-refractivity contribution in [2.75, 3.05) is 12.1 Å². The fourth-order valence-electron chi connectivity index (χ4n) is 3.72. The lowest BCUT2D eigenvalue weighted by Crippen LogP contribution is -2.24. The number of hydrogen-bond donors (Lipinski definition) is 1. The topological polar surface area (TPSA) is 86.6 Å². The van der Waals surface area contributed by atoms with Gasteiger partial charge >= 0.3 is 0 Å². The quantitative estimate of drug-likeness (QED) is 0.430. The van der Waals surface area contributed by atoms with Crippen molar-refractivity contribution in [3.05, 3.63) is 99.1 Å². The van der Waals surface area contributed by atoms with E-state index >= 15 is 0 Å². The number of fused-ring (bicyclic) bond motifs is 2. The molecule has 0 atom stereocenters. The predicted molar refractivity (Wildman–Crippen MR) is 124 cm³/mol. The molecule has 9 heteroatoms. The van der Waals surface area contributed by atoms with Gasteiger partial charge in [0.05, 0.1) is 16.5 Å². The molecule has 170 valence electrons. The average molecular weight is 479 g/mol. The van der Waals surface area contributed by atoms with Crippen LogP contribution < -0.4 is 20.2 Å². The first-order valence-corrected chi connectivity index (χ1v) is 10.6. The van der Waals surface area contributed by atoms with E-state index < -0.39 is 17.0 Å². The van der Waals surface area contributed by atoms with Crippen molar-refractivity contribution in [3.8, 4) is 11.5 Å². The molecule has 0 radical (unpaired) electrons. The van der Waals surface area contributed by atoms with Gasteiger partial charge in [0.15, 0.2) is 17.3 Å². The Bertz CT molecular complexity index is 1500. The van der Waals surface area contributed by atoms with Gasteiger partial charge in [0.25, 0.3) is 0 Å². The van der Waals surface area contributed by atoms with E-state index in [2.05, 4.69) is 5.32 Å². The Balaban J connectivity index is 1.58. The fraction of sp³-hybridized carbons (Fsp3) is 0.0800. The number of halogens is 2. The molecular weight excluding hydrogens is 463 g/mol. The summed E-state index contributed by atoms with van der Waals surface area (Å²) in [6, 6.07) is 14.6. The monoisotopic (exact) mass is 478 g/mol. The van der Waals surface area contributed by atoms with E-state index in [0.29, 0.717) is 27.7 Å². The van der Waals surface area contributed by atoms with E-state index in [-0.39, 0.29) is 35.8 Å². The third-order valence-electron chi connectivity index (χ3n) is 5.37. The molecule has 1 N–H and O–H groups in total. The zero-order valence-electron chi connectivity index (χ0n) is 17.5. The number of nitrogens with one attached hydrogen (secondary N) is 1. The molecule has 0 saturated carbocycles. The Morgan fingerprint density at radius 1 is 1.00 bits per heavy atom. The van der Waals surface area contributed by atoms with Crippen molar-refractivity contribution in [1.82, 2.24) is 4.57 Å². The van der Waals surface area contributed by atoms with Crippen LogP contribution in [-0.2, 0) is 11.3 Å². The first-order chi connectivity index (χ1) is 16.4. The molecule has 0 aliphatic carbocycles. The van der Waals surface area contributed by atoms with Crippen LogP contribution in [-0.4, -0.2) is 23.1 Å².